The third-order valence-corrected chi connectivity index (χ3v) is 8.97. The Morgan fingerprint density at radius 2 is 1.83 bits per heavy atom. The summed E-state index contributed by atoms with van der Waals surface area (Å²) in [6, 6.07) is 4.95. The van der Waals surface area contributed by atoms with Crippen molar-refractivity contribution in [3.8, 4) is 0 Å². The number of carbonyl (C=O) groups is 1. The molecule has 3 aliphatic rings. The lowest BCUT2D eigenvalue weighted by Crippen LogP contribution is -2.56. The Morgan fingerprint density at radius 3 is 2.45 bits per heavy atom. The van der Waals surface area contributed by atoms with E-state index >= 15 is 0 Å². The summed E-state index contributed by atoms with van der Waals surface area (Å²) in [6.07, 6.45) is 1.24. The predicted molar refractivity (Wildman–Crippen MR) is 105 cm³/mol. The molecule has 0 aliphatic carbocycles. The van der Waals surface area contributed by atoms with Gasteiger partial charge in [-0.05, 0) is 37.1 Å². The molecule has 3 fully saturated rings. The number of carbonyl (C=O) groups excluding carboxylic acids is 1. The first-order valence-corrected chi connectivity index (χ1v) is 11.5. The van der Waals surface area contributed by atoms with E-state index in [1.807, 2.05) is 11.9 Å². The van der Waals surface area contributed by atoms with Gasteiger partial charge in [-0.2, -0.15) is 4.31 Å². The highest BCUT2D eigenvalue weighted by Crippen LogP contribution is 2.49. The first kappa shape index (κ1) is 20.7. The third-order valence-electron chi connectivity index (χ3n) is 7.05. The summed E-state index contributed by atoms with van der Waals surface area (Å²) in [7, 11) is -0.124. The van der Waals surface area contributed by atoms with Gasteiger partial charge >= 0.3 is 0 Å². The van der Waals surface area contributed by atoms with Crippen molar-refractivity contribution in [2.24, 2.45) is 11.8 Å². The van der Waals surface area contributed by atoms with Crippen LogP contribution in [-0.2, 0) is 19.6 Å². The number of methoxy groups -OCH3 is 1. The van der Waals surface area contributed by atoms with E-state index in [4.69, 9.17) is 4.74 Å². The third kappa shape index (κ3) is 3.37. The van der Waals surface area contributed by atoms with E-state index in [1.165, 1.54) is 28.6 Å². The molecule has 0 bridgehead atoms. The van der Waals surface area contributed by atoms with E-state index in [0.717, 1.165) is 19.6 Å². The number of halogens is 1. The standard InChI is InChI=1S/C20H28FN3O4S/c1-22-19(25)17-13-23(11-12-28-2)14-18(17)20(22)7-9-24(10-8-20)29(26,27)16-5-3-15(21)4-6-16/h3-6,17-18H,7-14H2,1-2H3/t17-,18+/m1/s1. The van der Waals surface area contributed by atoms with Gasteiger partial charge in [0, 0.05) is 58.3 Å². The second-order valence-electron chi connectivity index (χ2n) is 8.32. The highest BCUT2D eigenvalue weighted by molar-refractivity contribution is 7.89. The molecule has 0 unspecified atom stereocenters. The molecular formula is C20H28FN3O4S. The molecule has 9 heteroatoms. The monoisotopic (exact) mass is 425 g/mol. The van der Waals surface area contributed by atoms with Crippen LogP contribution in [0.4, 0.5) is 4.39 Å². The number of likely N-dealkylation sites (tertiary alicyclic amines) is 2. The number of sulfonamides is 1. The van der Waals surface area contributed by atoms with E-state index in [-0.39, 0.29) is 28.2 Å². The van der Waals surface area contributed by atoms with Crippen molar-refractivity contribution in [1.29, 1.82) is 0 Å². The lowest BCUT2D eigenvalue weighted by atomic mass is 9.75. The number of fused-ring (bicyclic) bond motifs is 2. The fourth-order valence-electron chi connectivity index (χ4n) is 5.38. The van der Waals surface area contributed by atoms with Crippen molar-refractivity contribution in [2.45, 2.75) is 23.3 Å². The molecule has 1 aromatic carbocycles. The highest BCUT2D eigenvalue weighted by atomic mass is 32.2. The summed E-state index contributed by atoms with van der Waals surface area (Å²) in [5.41, 5.74) is -0.293. The molecule has 2 atom stereocenters. The minimum atomic E-state index is -3.66. The molecule has 1 aromatic rings. The van der Waals surface area contributed by atoms with Gasteiger partial charge in [-0.1, -0.05) is 0 Å². The Hall–Kier alpha value is -1.55. The van der Waals surface area contributed by atoms with Gasteiger partial charge in [0.25, 0.3) is 0 Å². The summed E-state index contributed by atoms with van der Waals surface area (Å²) in [5.74, 6) is -0.0904. The molecule has 1 spiro atoms. The fourth-order valence-corrected chi connectivity index (χ4v) is 6.82. The number of benzene rings is 1. The Morgan fingerprint density at radius 1 is 1.17 bits per heavy atom. The molecule has 0 N–H and O–H groups in total. The molecular weight excluding hydrogens is 397 g/mol. The van der Waals surface area contributed by atoms with Crippen LogP contribution in [0.3, 0.4) is 0 Å². The molecule has 4 rings (SSSR count). The van der Waals surface area contributed by atoms with Gasteiger partial charge in [0.05, 0.1) is 17.4 Å². The van der Waals surface area contributed by atoms with Crippen LogP contribution in [-0.4, -0.2) is 87.5 Å². The van der Waals surface area contributed by atoms with E-state index in [0.29, 0.717) is 32.5 Å². The van der Waals surface area contributed by atoms with Crippen LogP contribution in [0.5, 0.6) is 0 Å². The van der Waals surface area contributed by atoms with Crippen LogP contribution in [0, 0.1) is 17.7 Å². The zero-order valence-corrected chi connectivity index (χ0v) is 17.7. The van der Waals surface area contributed by atoms with Crippen molar-refractivity contribution in [2.75, 3.05) is 53.5 Å². The minimum Gasteiger partial charge on any atom is -0.383 e. The molecule has 3 heterocycles. The number of piperidine rings is 1. The maximum absolute atomic E-state index is 13.2. The Kier molecular flexibility index (Phi) is 5.43. The molecule has 0 aromatic heterocycles. The van der Waals surface area contributed by atoms with Crippen LogP contribution in [0.1, 0.15) is 12.8 Å². The number of hydrogen-bond acceptors (Lipinski definition) is 5. The minimum absolute atomic E-state index is 0.0166. The average molecular weight is 426 g/mol. The van der Waals surface area contributed by atoms with Gasteiger partial charge in [-0.3, -0.25) is 9.69 Å². The largest absolute Gasteiger partial charge is 0.383 e. The smallest absolute Gasteiger partial charge is 0.243 e. The summed E-state index contributed by atoms with van der Waals surface area (Å²) in [4.78, 5) is 17.2. The molecule has 160 valence electrons. The van der Waals surface area contributed by atoms with Gasteiger partial charge < -0.3 is 9.64 Å². The van der Waals surface area contributed by atoms with Crippen molar-refractivity contribution in [3.05, 3.63) is 30.1 Å². The van der Waals surface area contributed by atoms with Crippen molar-refractivity contribution < 1.29 is 22.3 Å². The zero-order chi connectivity index (χ0) is 20.8. The van der Waals surface area contributed by atoms with Crippen LogP contribution < -0.4 is 0 Å². The van der Waals surface area contributed by atoms with Gasteiger partial charge in [0.15, 0.2) is 0 Å². The molecule has 7 nitrogen and oxygen atoms in total. The maximum atomic E-state index is 13.2. The molecule has 1 amide bonds. The summed E-state index contributed by atoms with van der Waals surface area (Å²) >= 11 is 0. The Bertz CT molecular complexity index is 868. The van der Waals surface area contributed by atoms with E-state index in [2.05, 4.69) is 4.90 Å². The van der Waals surface area contributed by atoms with Crippen LogP contribution in [0.15, 0.2) is 29.2 Å². The first-order valence-electron chi connectivity index (χ1n) is 10.0. The molecule has 0 radical (unpaired) electrons. The van der Waals surface area contributed by atoms with Crippen molar-refractivity contribution in [1.82, 2.24) is 14.1 Å². The fraction of sp³-hybridized carbons (Fsp3) is 0.650. The Labute approximate surface area is 171 Å². The lowest BCUT2D eigenvalue weighted by molar-refractivity contribution is -0.133. The van der Waals surface area contributed by atoms with Crippen molar-refractivity contribution in [3.63, 3.8) is 0 Å². The second-order valence-corrected chi connectivity index (χ2v) is 10.3. The second kappa shape index (κ2) is 7.61. The zero-order valence-electron chi connectivity index (χ0n) is 16.9. The normalized spacial score (nSPS) is 27.7. The summed E-state index contributed by atoms with van der Waals surface area (Å²) in [6.45, 7) is 3.75. The topological polar surface area (TPSA) is 70.2 Å². The molecule has 3 aliphatic heterocycles. The first-order chi connectivity index (χ1) is 13.8. The maximum Gasteiger partial charge on any atom is 0.243 e. The quantitative estimate of drug-likeness (QED) is 0.705. The lowest BCUT2D eigenvalue weighted by Gasteiger charge is -2.46. The van der Waals surface area contributed by atoms with Crippen LogP contribution in [0.2, 0.25) is 0 Å². The van der Waals surface area contributed by atoms with Gasteiger partial charge in [0.2, 0.25) is 15.9 Å². The van der Waals surface area contributed by atoms with Gasteiger partial charge in [-0.25, -0.2) is 12.8 Å². The number of amides is 1. The average Bonchev–Trinajstić information content (AvgIpc) is 3.22. The van der Waals surface area contributed by atoms with E-state index < -0.39 is 15.8 Å². The van der Waals surface area contributed by atoms with Crippen molar-refractivity contribution >= 4 is 15.9 Å². The van der Waals surface area contributed by atoms with Crippen LogP contribution in [0.25, 0.3) is 0 Å². The van der Waals surface area contributed by atoms with Gasteiger partial charge in [-0.15, -0.1) is 0 Å². The van der Waals surface area contributed by atoms with Gasteiger partial charge in [0.1, 0.15) is 5.82 Å². The van der Waals surface area contributed by atoms with E-state index in [9.17, 15) is 17.6 Å². The predicted octanol–water partition coefficient (Wildman–Crippen LogP) is 1.02. The number of nitrogens with zero attached hydrogens (tertiary/aromatic N) is 3. The summed E-state index contributed by atoms with van der Waals surface area (Å²) in [5, 5.41) is 0. The molecule has 0 saturated carbocycles. The molecule has 3 saturated heterocycles. The number of rotatable bonds is 5. The number of hydrogen-bond donors (Lipinski definition) is 0. The number of ether oxygens (including phenoxy) is 1. The van der Waals surface area contributed by atoms with E-state index in [1.54, 1.807) is 7.11 Å². The molecule has 29 heavy (non-hydrogen) atoms. The Balaban J connectivity index is 1.50. The SMILES string of the molecule is COCCN1C[C@H]2C(=O)N(C)C3(CCN(S(=O)(=O)c4ccc(F)cc4)CC3)[C@H]2C1. The van der Waals surface area contributed by atoms with Crippen LogP contribution >= 0.6 is 0 Å². The summed E-state index contributed by atoms with van der Waals surface area (Å²) < 4.78 is 45.7. The highest BCUT2D eigenvalue weighted by Gasteiger charge is 2.60.